The van der Waals surface area contributed by atoms with Crippen molar-refractivity contribution in [2.45, 2.75) is 50.3 Å². The van der Waals surface area contributed by atoms with Crippen LogP contribution in [0.4, 0.5) is 11.6 Å². The molecule has 6 rings (SSSR count). The average molecular weight is 685 g/mol. The SMILES string of the molecule is CNS(=O)(=O)CC1CCC(N(C)c2ncnc3c2ccn3COC2=C(C(=O)Nc3cc(C)on3)N(C)S(=O)(=O)c3ccccc32)CC1. The Hall–Kier alpha value is -4.48. The van der Waals surface area contributed by atoms with Gasteiger partial charge in [0, 0.05) is 38.0 Å². The van der Waals surface area contributed by atoms with Crippen molar-refractivity contribution in [3.05, 3.63) is 65.9 Å². The molecule has 1 amide bonds. The number of nitrogens with one attached hydrogen (secondary N) is 2. The topological polar surface area (TPSA) is 182 Å². The third-order valence-corrected chi connectivity index (χ3v) is 12.1. The minimum Gasteiger partial charge on any atom is -0.470 e. The van der Waals surface area contributed by atoms with Crippen LogP contribution in [0.5, 0.6) is 0 Å². The Bertz CT molecular complexity index is 2070. The van der Waals surface area contributed by atoms with E-state index < -0.39 is 26.0 Å². The number of carbonyl (C=O) groups is 1. The summed E-state index contributed by atoms with van der Waals surface area (Å²) in [5.41, 5.74) is 0.621. The Kier molecular flexibility index (Phi) is 8.71. The van der Waals surface area contributed by atoms with E-state index in [0.717, 1.165) is 41.2 Å². The first kappa shape index (κ1) is 32.5. The molecule has 1 saturated carbocycles. The fourth-order valence-corrected chi connectivity index (χ4v) is 8.70. The number of fused-ring (bicyclic) bond motifs is 2. The van der Waals surface area contributed by atoms with Gasteiger partial charge in [-0.15, -0.1) is 0 Å². The van der Waals surface area contributed by atoms with E-state index in [-0.39, 0.29) is 52.2 Å². The van der Waals surface area contributed by atoms with Crippen molar-refractivity contribution < 1.29 is 30.9 Å². The van der Waals surface area contributed by atoms with Gasteiger partial charge < -0.3 is 19.5 Å². The highest BCUT2D eigenvalue weighted by atomic mass is 32.2. The first-order valence-corrected chi connectivity index (χ1v) is 18.1. The molecule has 4 aromatic rings. The minimum atomic E-state index is -4.06. The molecule has 0 bridgehead atoms. The second-order valence-corrected chi connectivity index (χ2v) is 15.6. The number of hydrogen-bond donors (Lipinski definition) is 2. The minimum absolute atomic E-state index is 0.00760. The van der Waals surface area contributed by atoms with Crippen molar-refractivity contribution in [1.82, 2.24) is 28.7 Å². The van der Waals surface area contributed by atoms with Crippen LogP contribution in [0.25, 0.3) is 16.8 Å². The molecule has 2 N–H and O–H groups in total. The Labute approximate surface area is 272 Å². The van der Waals surface area contributed by atoms with Gasteiger partial charge in [-0.05, 0) is 63.8 Å². The highest BCUT2D eigenvalue weighted by Gasteiger charge is 2.39. The summed E-state index contributed by atoms with van der Waals surface area (Å²) < 4.78 is 67.3. The number of carbonyl (C=O) groups excluding carboxylic acids is 1. The van der Waals surface area contributed by atoms with Crippen molar-refractivity contribution in [2.24, 2.45) is 5.92 Å². The monoisotopic (exact) mass is 684 g/mol. The van der Waals surface area contributed by atoms with Crippen LogP contribution >= 0.6 is 0 Å². The maximum atomic E-state index is 13.5. The first-order chi connectivity index (χ1) is 22.4. The number of rotatable bonds is 10. The number of ether oxygens (including phenoxy) is 1. The molecule has 1 aliphatic carbocycles. The van der Waals surface area contributed by atoms with Crippen molar-refractivity contribution in [2.75, 3.05) is 37.1 Å². The summed E-state index contributed by atoms with van der Waals surface area (Å²) >= 11 is 0. The second kappa shape index (κ2) is 12.6. The average Bonchev–Trinajstić information content (AvgIpc) is 3.67. The molecule has 250 valence electrons. The molecule has 1 aliphatic heterocycles. The smallest absolute Gasteiger partial charge is 0.278 e. The molecule has 47 heavy (non-hydrogen) atoms. The number of aromatic nitrogens is 4. The van der Waals surface area contributed by atoms with Gasteiger partial charge in [0.05, 0.1) is 16.0 Å². The van der Waals surface area contributed by atoms with E-state index in [9.17, 15) is 21.6 Å². The molecule has 3 aromatic heterocycles. The van der Waals surface area contributed by atoms with Crippen molar-refractivity contribution in [1.29, 1.82) is 0 Å². The quantitative estimate of drug-likeness (QED) is 0.251. The van der Waals surface area contributed by atoms with Crippen LogP contribution in [0.3, 0.4) is 0 Å². The van der Waals surface area contributed by atoms with Crippen LogP contribution < -0.4 is 14.9 Å². The Morgan fingerprint density at radius 1 is 1.15 bits per heavy atom. The van der Waals surface area contributed by atoms with Crippen molar-refractivity contribution in [3.63, 3.8) is 0 Å². The second-order valence-electron chi connectivity index (χ2n) is 11.7. The van der Waals surface area contributed by atoms with Crippen LogP contribution in [-0.4, -0.2) is 79.7 Å². The maximum absolute atomic E-state index is 13.5. The Morgan fingerprint density at radius 2 is 1.89 bits per heavy atom. The molecule has 0 radical (unpaired) electrons. The van der Waals surface area contributed by atoms with Gasteiger partial charge in [-0.2, -0.15) is 0 Å². The Balaban J connectivity index is 1.27. The molecule has 1 fully saturated rings. The van der Waals surface area contributed by atoms with E-state index in [4.69, 9.17) is 9.26 Å². The third-order valence-electron chi connectivity index (χ3n) is 8.73. The number of sulfonamides is 2. The predicted octanol–water partition coefficient (Wildman–Crippen LogP) is 2.89. The van der Waals surface area contributed by atoms with E-state index in [0.29, 0.717) is 11.4 Å². The van der Waals surface area contributed by atoms with E-state index >= 15 is 0 Å². The highest BCUT2D eigenvalue weighted by Crippen LogP contribution is 2.38. The van der Waals surface area contributed by atoms with Gasteiger partial charge >= 0.3 is 0 Å². The van der Waals surface area contributed by atoms with Gasteiger partial charge in [0.15, 0.2) is 24.0 Å². The largest absolute Gasteiger partial charge is 0.470 e. The zero-order chi connectivity index (χ0) is 33.5. The Morgan fingerprint density at radius 3 is 2.60 bits per heavy atom. The molecule has 17 heteroatoms. The maximum Gasteiger partial charge on any atom is 0.278 e. The highest BCUT2D eigenvalue weighted by molar-refractivity contribution is 7.89. The molecular weight excluding hydrogens is 649 g/mol. The molecule has 0 unspecified atom stereocenters. The lowest BCUT2D eigenvalue weighted by molar-refractivity contribution is -0.113. The number of anilines is 2. The standard InChI is InChI=1S/C30H36N8O7S2/c1-19-15-25(35-45-19)34-30(39)26-27(22-7-5-6-8-24(22)47(42,43)37(26)4)44-18-38-14-13-23-28(32-17-33-29(23)38)36(3)21-11-9-20(10-12-21)16-46(40,41)31-2/h5-8,13-15,17,20-21,31H,9-12,16,18H2,1-4H3,(H,34,35,39). The molecule has 1 aromatic carbocycles. The summed E-state index contributed by atoms with van der Waals surface area (Å²) in [5, 5.41) is 7.18. The van der Waals surface area contributed by atoms with Gasteiger partial charge in [0.1, 0.15) is 23.6 Å². The van der Waals surface area contributed by atoms with Gasteiger partial charge in [0.25, 0.3) is 15.9 Å². The van der Waals surface area contributed by atoms with E-state index in [1.807, 2.05) is 13.1 Å². The molecule has 0 saturated heterocycles. The lowest BCUT2D eigenvalue weighted by Gasteiger charge is -2.35. The fraction of sp³-hybridized carbons (Fsp3) is 0.400. The van der Waals surface area contributed by atoms with Crippen LogP contribution in [-0.2, 0) is 36.3 Å². The summed E-state index contributed by atoms with van der Waals surface area (Å²) in [6.07, 6.45) is 6.53. The summed E-state index contributed by atoms with van der Waals surface area (Å²) in [4.78, 5) is 24.7. The molecule has 0 atom stereocenters. The van der Waals surface area contributed by atoms with Gasteiger partial charge in [-0.3, -0.25) is 13.7 Å². The zero-order valence-electron chi connectivity index (χ0n) is 26.4. The van der Waals surface area contributed by atoms with E-state index in [1.54, 1.807) is 35.9 Å². The molecule has 2 aliphatic rings. The number of benzene rings is 1. The summed E-state index contributed by atoms with van der Waals surface area (Å²) in [5.74, 6) is 0.908. The zero-order valence-corrected chi connectivity index (χ0v) is 28.0. The summed E-state index contributed by atoms with van der Waals surface area (Å²) in [7, 11) is -2.60. The van der Waals surface area contributed by atoms with Crippen LogP contribution in [0.15, 0.2) is 64.0 Å². The normalized spacial score (nSPS) is 19.4. The molecular formula is C30H36N8O7S2. The fourth-order valence-electron chi connectivity index (χ4n) is 6.19. The molecule has 4 heterocycles. The van der Waals surface area contributed by atoms with Crippen molar-refractivity contribution >= 4 is 54.4 Å². The number of amides is 1. The van der Waals surface area contributed by atoms with Gasteiger partial charge in [0.2, 0.25) is 10.0 Å². The van der Waals surface area contributed by atoms with Crippen LogP contribution in [0, 0.1) is 12.8 Å². The lowest BCUT2D eigenvalue weighted by Crippen LogP contribution is -2.38. The third kappa shape index (κ3) is 6.29. The first-order valence-electron chi connectivity index (χ1n) is 15.0. The number of hydrogen-bond acceptors (Lipinski definition) is 11. The number of likely N-dealkylation sites (N-methyl/N-ethyl adjacent to an activating group) is 1. The van der Waals surface area contributed by atoms with Crippen LogP contribution in [0.2, 0.25) is 0 Å². The lowest BCUT2D eigenvalue weighted by atomic mass is 9.86. The number of nitrogens with zero attached hydrogens (tertiary/aromatic N) is 6. The molecule has 15 nitrogen and oxygen atoms in total. The van der Waals surface area contributed by atoms with Crippen LogP contribution in [0.1, 0.15) is 37.0 Å². The van der Waals surface area contributed by atoms with Crippen molar-refractivity contribution in [3.8, 4) is 0 Å². The van der Waals surface area contributed by atoms with Gasteiger partial charge in [-0.1, -0.05) is 17.3 Å². The molecule has 0 spiro atoms. The van der Waals surface area contributed by atoms with E-state index in [2.05, 4.69) is 30.1 Å². The summed E-state index contributed by atoms with van der Waals surface area (Å²) in [6, 6.07) is 9.92. The van der Waals surface area contributed by atoms with Gasteiger partial charge in [-0.25, -0.2) is 31.5 Å². The van der Waals surface area contributed by atoms with E-state index in [1.165, 1.54) is 32.6 Å². The predicted molar refractivity (Wildman–Crippen MR) is 174 cm³/mol. The number of aryl methyl sites for hydroxylation is 1. The summed E-state index contributed by atoms with van der Waals surface area (Å²) in [6.45, 7) is 1.58.